The molecule has 0 bridgehead atoms. The highest BCUT2D eigenvalue weighted by Gasteiger charge is 2.35. The molecule has 1 N–H and O–H groups in total. The number of alkyl halides is 3. The van der Waals surface area contributed by atoms with E-state index in [9.17, 15) is 31.1 Å². The molecule has 198 valence electrons. The van der Waals surface area contributed by atoms with Crippen molar-refractivity contribution in [2.24, 2.45) is 0 Å². The number of hydrogen-bond donors (Lipinski definition) is 1. The van der Waals surface area contributed by atoms with Crippen molar-refractivity contribution in [3.63, 3.8) is 0 Å². The molecule has 0 spiro atoms. The summed E-state index contributed by atoms with van der Waals surface area (Å²) in [7, 11) is 0. The normalized spacial score (nSPS) is 17.6. The van der Waals surface area contributed by atoms with Gasteiger partial charge in [0.05, 0.1) is 43.0 Å². The number of anilines is 1. The SMILES string of the molecule is O=C(Cc1cccc(C(F)(F)F)c1F)Nc1cc(F)c(-c2cn([C@@H]3COC[C@@H]3n3cccn3)nn2)c(F)c1. The number of aromatic nitrogens is 5. The molecular weight excluding hydrogens is 518 g/mol. The molecule has 5 rings (SSSR count). The van der Waals surface area contributed by atoms with Crippen LogP contribution in [0.2, 0.25) is 0 Å². The van der Waals surface area contributed by atoms with E-state index in [1.165, 1.54) is 10.9 Å². The van der Waals surface area contributed by atoms with Crippen molar-refractivity contribution < 1.29 is 35.9 Å². The van der Waals surface area contributed by atoms with Crippen molar-refractivity contribution in [2.75, 3.05) is 18.5 Å². The summed E-state index contributed by atoms with van der Waals surface area (Å²) in [5.41, 5.74) is -2.94. The third-order valence-corrected chi connectivity index (χ3v) is 6.05. The maximum absolute atomic E-state index is 14.9. The second kappa shape index (κ2) is 9.93. The molecule has 1 amide bonds. The van der Waals surface area contributed by atoms with Crippen LogP contribution in [0.4, 0.5) is 32.0 Å². The van der Waals surface area contributed by atoms with Gasteiger partial charge in [0.2, 0.25) is 5.91 Å². The molecular formula is C24H18F6N6O2. The first-order chi connectivity index (χ1) is 18.1. The van der Waals surface area contributed by atoms with Crippen molar-refractivity contribution in [2.45, 2.75) is 24.7 Å². The lowest BCUT2D eigenvalue weighted by atomic mass is 10.1. The van der Waals surface area contributed by atoms with Gasteiger partial charge in [0.15, 0.2) is 0 Å². The molecule has 3 heterocycles. The van der Waals surface area contributed by atoms with E-state index in [0.717, 1.165) is 24.3 Å². The number of rotatable bonds is 6. The van der Waals surface area contributed by atoms with Gasteiger partial charge < -0.3 is 10.1 Å². The van der Waals surface area contributed by atoms with Gasteiger partial charge in [-0.25, -0.2) is 17.9 Å². The van der Waals surface area contributed by atoms with Crippen LogP contribution >= 0.6 is 0 Å². The van der Waals surface area contributed by atoms with E-state index < -0.39 is 52.6 Å². The highest BCUT2D eigenvalue weighted by molar-refractivity contribution is 5.92. The van der Waals surface area contributed by atoms with Crippen LogP contribution in [0.3, 0.4) is 0 Å². The van der Waals surface area contributed by atoms with Crippen LogP contribution in [-0.2, 0) is 22.1 Å². The number of hydrogen-bond acceptors (Lipinski definition) is 5. The Morgan fingerprint density at radius 2 is 1.76 bits per heavy atom. The molecule has 1 aliphatic rings. The maximum Gasteiger partial charge on any atom is 0.419 e. The van der Waals surface area contributed by atoms with Gasteiger partial charge in [-0.05, 0) is 29.8 Å². The predicted molar refractivity (Wildman–Crippen MR) is 120 cm³/mol. The third-order valence-electron chi connectivity index (χ3n) is 6.05. The van der Waals surface area contributed by atoms with E-state index >= 15 is 0 Å². The Morgan fingerprint density at radius 3 is 2.42 bits per heavy atom. The molecule has 4 aromatic rings. The molecule has 0 saturated carbocycles. The van der Waals surface area contributed by atoms with Gasteiger partial charge in [-0.15, -0.1) is 5.10 Å². The number of halogens is 6. The van der Waals surface area contributed by atoms with Gasteiger partial charge >= 0.3 is 6.18 Å². The predicted octanol–water partition coefficient (Wildman–Crippen LogP) is 4.57. The average Bonchev–Trinajstić information content (AvgIpc) is 3.60. The molecule has 38 heavy (non-hydrogen) atoms. The summed E-state index contributed by atoms with van der Waals surface area (Å²) in [4.78, 5) is 12.3. The van der Waals surface area contributed by atoms with Gasteiger partial charge in [0.1, 0.15) is 29.2 Å². The Balaban J connectivity index is 1.32. The van der Waals surface area contributed by atoms with Crippen LogP contribution < -0.4 is 5.32 Å². The first-order valence-electron chi connectivity index (χ1n) is 11.2. The molecule has 0 unspecified atom stereocenters. The van der Waals surface area contributed by atoms with Gasteiger partial charge in [0, 0.05) is 18.1 Å². The highest BCUT2D eigenvalue weighted by Crippen LogP contribution is 2.34. The Morgan fingerprint density at radius 1 is 1.05 bits per heavy atom. The molecule has 2 aromatic carbocycles. The largest absolute Gasteiger partial charge is 0.419 e. The van der Waals surface area contributed by atoms with Crippen molar-refractivity contribution in [1.82, 2.24) is 24.8 Å². The molecule has 0 radical (unpaired) electrons. The molecule has 1 fully saturated rings. The van der Waals surface area contributed by atoms with Crippen LogP contribution in [0, 0.1) is 17.5 Å². The number of carbonyl (C=O) groups is 1. The zero-order chi connectivity index (χ0) is 27.0. The summed E-state index contributed by atoms with van der Waals surface area (Å²) >= 11 is 0. The molecule has 0 aliphatic carbocycles. The summed E-state index contributed by atoms with van der Waals surface area (Å²) in [6.45, 7) is 0.652. The number of carbonyl (C=O) groups excluding carboxylic acids is 1. The van der Waals surface area contributed by atoms with E-state index in [-0.39, 0.29) is 30.1 Å². The van der Waals surface area contributed by atoms with Crippen LogP contribution in [0.15, 0.2) is 55.0 Å². The zero-order valence-electron chi connectivity index (χ0n) is 19.3. The monoisotopic (exact) mass is 536 g/mol. The number of nitrogens with one attached hydrogen (secondary N) is 1. The van der Waals surface area contributed by atoms with E-state index in [2.05, 4.69) is 20.7 Å². The van der Waals surface area contributed by atoms with Gasteiger partial charge in [-0.2, -0.15) is 18.3 Å². The number of benzene rings is 2. The number of nitrogens with zero attached hydrogens (tertiary/aromatic N) is 5. The molecule has 14 heteroatoms. The Hall–Kier alpha value is -4.20. The van der Waals surface area contributed by atoms with E-state index in [1.807, 2.05) is 0 Å². The fraction of sp³-hybridized carbons (Fsp3) is 0.250. The second-order valence-electron chi connectivity index (χ2n) is 8.56. The topological polar surface area (TPSA) is 86.9 Å². The lowest BCUT2D eigenvalue weighted by Crippen LogP contribution is -2.22. The van der Waals surface area contributed by atoms with Crippen molar-refractivity contribution in [3.05, 3.63) is 83.6 Å². The minimum atomic E-state index is -4.94. The minimum absolute atomic E-state index is 0.102. The number of amides is 1. The lowest BCUT2D eigenvalue weighted by molar-refractivity contribution is -0.140. The van der Waals surface area contributed by atoms with E-state index in [0.29, 0.717) is 12.7 Å². The average molecular weight is 536 g/mol. The fourth-order valence-electron chi connectivity index (χ4n) is 4.27. The molecule has 1 aliphatic heterocycles. The van der Waals surface area contributed by atoms with Gasteiger partial charge in [-0.3, -0.25) is 9.48 Å². The Labute approximate surface area is 210 Å². The smallest absolute Gasteiger partial charge is 0.377 e. The molecule has 1 saturated heterocycles. The van der Waals surface area contributed by atoms with Crippen LogP contribution in [0.1, 0.15) is 23.2 Å². The van der Waals surface area contributed by atoms with Crippen LogP contribution in [0.25, 0.3) is 11.3 Å². The quantitative estimate of drug-likeness (QED) is 0.365. The fourth-order valence-corrected chi connectivity index (χ4v) is 4.27. The summed E-state index contributed by atoms with van der Waals surface area (Å²) in [5.74, 6) is -4.69. The summed E-state index contributed by atoms with van der Waals surface area (Å²) in [6.07, 6.45) is -0.978. The molecule has 8 nitrogen and oxygen atoms in total. The summed E-state index contributed by atoms with van der Waals surface area (Å²) < 4.78 is 91.4. The lowest BCUT2D eigenvalue weighted by Gasteiger charge is -2.17. The van der Waals surface area contributed by atoms with Crippen molar-refractivity contribution in [1.29, 1.82) is 0 Å². The molecule has 2 aromatic heterocycles. The summed E-state index contributed by atoms with van der Waals surface area (Å²) in [6, 6.07) is 5.41. The van der Waals surface area contributed by atoms with Crippen molar-refractivity contribution in [3.8, 4) is 11.3 Å². The van der Waals surface area contributed by atoms with Gasteiger partial charge in [0.25, 0.3) is 0 Å². The molecule has 2 atom stereocenters. The third kappa shape index (κ3) is 4.98. The zero-order valence-corrected chi connectivity index (χ0v) is 19.3. The standard InChI is InChI=1S/C24H18F6N6O2/c25-16-8-14(32-21(37)7-13-3-1-4-15(23(13)27)24(28,29)30)9-17(26)22(16)18-10-36(34-33-18)20-12-38-11-19(20)35-6-2-5-31-35/h1-6,8-10,19-20H,7,11-12H2,(H,32,37)/t19-,20+/m0/s1. The Kier molecular flexibility index (Phi) is 6.65. The minimum Gasteiger partial charge on any atom is -0.377 e. The maximum atomic E-state index is 14.9. The number of ether oxygens (including phenoxy) is 1. The van der Waals surface area contributed by atoms with Gasteiger partial charge in [-0.1, -0.05) is 17.3 Å². The van der Waals surface area contributed by atoms with E-state index in [4.69, 9.17) is 4.74 Å². The first kappa shape index (κ1) is 25.4. The second-order valence-corrected chi connectivity index (χ2v) is 8.56. The first-order valence-corrected chi connectivity index (χ1v) is 11.2. The summed E-state index contributed by atoms with van der Waals surface area (Å²) in [5, 5.41) is 14.2. The van der Waals surface area contributed by atoms with Crippen LogP contribution in [0.5, 0.6) is 0 Å². The van der Waals surface area contributed by atoms with Crippen LogP contribution in [-0.4, -0.2) is 43.9 Å². The van der Waals surface area contributed by atoms with E-state index in [1.54, 1.807) is 23.1 Å². The highest BCUT2D eigenvalue weighted by atomic mass is 19.4. The Bertz CT molecular complexity index is 1450. The van der Waals surface area contributed by atoms with Crippen molar-refractivity contribution >= 4 is 11.6 Å².